The average Bonchev–Trinajstić information content (AvgIpc) is 2.94. The number of anilines is 1. The van der Waals surface area contributed by atoms with E-state index in [9.17, 15) is 14.4 Å². The molecule has 0 atom stereocenters. The number of rotatable bonds is 5. The average molecular weight is 494 g/mol. The van der Waals surface area contributed by atoms with Crippen molar-refractivity contribution in [1.29, 1.82) is 0 Å². The zero-order valence-electron chi connectivity index (χ0n) is 20.5. The molecule has 2 N–H and O–H groups in total. The number of likely N-dealkylation sites (N-methyl/N-ethyl adjacent to an activating group) is 1. The molecule has 1 aliphatic heterocycles. The fourth-order valence-electron chi connectivity index (χ4n) is 4.44. The molecular formula is C29H27N5O3. The molecule has 0 aliphatic carbocycles. The molecule has 37 heavy (non-hydrogen) atoms. The number of carbonyl (C=O) groups is 2. The van der Waals surface area contributed by atoms with Gasteiger partial charge in [-0.2, -0.15) is 5.10 Å². The van der Waals surface area contributed by atoms with Crippen LogP contribution >= 0.6 is 0 Å². The maximum absolute atomic E-state index is 13.5. The minimum atomic E-state index is -0.585. The van der Waals surface area contributed by atoms with Crippen LogP contribution in [0.2, 0.25) is 0 Å². The largest absolute Gasteiger partial charge is 0.336 e. The highest BCUT2D eigenvalue weighted by atomic mass is 16.2. The molecule has 0 unspecified atom stereocenters. The Labute approximate surface area is 214 Å². The van der Waals surface area contributed by atoms with E-state index in [-0.39, 0.29) is 11.5 Å². The molecule has 0 bridgehead atoms. The fourth-order valence-corrected chi connectivity index (χ4v) is 4.44. The third kappa shape index (κ3) is 5.19. The van der Waals surface area contributed by atoms with E-state index in [0.717, 1.165) is 18.7 Å². The first kappa shape index (κ1) is 24.1. The van der Waals surface area contributed by atoms with E-state index < -0.39 is 11.5 Å². The van der Waals surface area contributed by atoms with E-state index in [4.69, 9.17) is 0 Å². The summed E-state index contributed by atoms with van der Waals surface area (Å²) in [7, 11) is 2.04. The zero-order chi connectivity index (χ0) is 25.8. The summed E-state index contributed by atoms with van der Waals surface area (Å²) in [4.78, 5) is 43.3. The lowest BCUT2D eigenvalue weighted by atomic mass is 9.95. The first-order valence-corrected chi connectivity index (χ1v) is 12.1. The van der Waals surface area contributed by atoms with Gasteiger partial charge in [-0.3, -0.25) is 14.4 Å². The van der Waals surface area contributed by atoms with Crippen molar-refractivity contribution < 1.29 is 9.59 Å². The van der Waals surface area contributed by atoms with Crippen molar-refractivity contribution in [2.24, 2.45) is 0 Å². The van der Waals surface area contributed by atoms with E-state index in [0.29, 0.717) is 41.2 Å². The topological polar surface area (TPSA) is 98.4 Å². The second kappa shape index (κ2) is 10.6. The molecule has 5 rings (SSSR count). The Hall–Kier alpha value is -4.56. The Balaban J connectivity index is 1.45. The molecule has 2 amide bonds. The highest BCUT2D eigenvalue weighted by Crippen LogP contribution is 2.32. The van der Waals surface area contributed by atoms with Crippen LogP contribution in [0.3, 0.4) is 0 Å². The highest BCUT2D eigenvalue weighted by molar-refractivity contribution is 6.10. The van der Waals surface area contributed by atoms with Gasteiger partial charge in [0.2, 0.25) is 0 Å². The maximum Gasteiger partial charge on any atom is 0.277 e. The number of amides is 2. The van der Waals surface area contributed by atoms with Crippen LogP contribution in [-0.2, 0) is 0 Å². The molecule has 2 heterocycles. The molecule has 4 aromatic rings. The van der Waals surface area contributed by atoms with Crippen molar-refractivity contribution in [3.05, 3.63) is 106 Å². The van der Waals surface area contributed by atoms with Gasteiger partial charge in [0.1, 0.15) is 5.56 Å². The standard InChI is InChI=1S/C29H27N5O3/c1-33-16-18-34(19-17-33)29(37)22-12-14-23(15-13-22)30-27(35)25-24(20-8-4-2-5-9-20)26(31-32-28(25)36)21-10-6-3-7-11-21/h2-15H,16-19H2,1H3,(H,30,35)(H,32,36). The van der Waals surface area contributed by atoms with Crippen LogP contribution in [-0.4, -0.2) is 65.0 Å². The number of nitrogens with one attached hydrogen (secondary N) is 2. The van der Waals surface area contributed by atoms with E-state index in [1.807, 2.05) is 72.6 Å². The van der Waals surface area contributed by atoms with Gasteiger partial charge in [0, 0.05) is 48.6 Å². The van der Waals surface area contributed by atoms with E-state index in [2.05, 4.69) is 20.4 Å². The molecule has 1 aliphatic rings. The minimum Gasteiger partial charge on any atom is -0.336 e. The van der Waals surface area contributed by atoms with Gasteiger partial charge >= 0.3 is 0 Å². The summed E-state index contributed by atoms with van der Waals surface area (Å²) >= 11 is 0. The van der Waals surface area contributed by atoms with Crippen LogP contribution < -0.4 is 10.9 Å². The number of hydrogen-bond donors (Lipinski definition) is 2. The monoisotopic (exact) mass is 493 g/mol. The summed E-state index contributed by atoms with van der Waals surface area (Å²) in [5.41, 5.74) is 2.86. The molecule has 0 spiro atoms. The van der Waals surface area contributed by atoms with Crippen molar-refractivity contribution in [2.45, 2.75) is 0 Å². The number of aromatic amines is 1. The summed E-state index contributed by atoms with van der Waals surface area (Å²) in [5.74, 6) is -0.590. The molecular weight excluding hydrogens is 466 g/mol. The van der Waals surface area contributed by atoms with Gasteiger partial charge < -0.3 is 15.1 Å². The number of H-pyrrole nitrogens is 1. The SMILES string of the molecule is CN1CCN(C(=O)c2ccc(NC(=O)c3c(-c4ccccc4)c(-c4ccccc4)n[nH]c3=O)cc2)CC1. The maximum atomic E-state index is 13.5. The number of piperazine rings is 1. The number of aromatic nitrogens is 2. The van der Waals surface area contributed by atoms with Gasteiger partial charge in [-0.05, 0) is 36.9 Å². The summed E-state index contributed by atoms with van der Waals surface area (Å²) in [6.07, 6.45) is 0. The molecule has 8 heteroatoms. The second-order valence-electron chi connectivity index (χ2n) is 9.01. The van der Waals surface area contributed by atoms with Crippen molar-refractivity contribution in [1.82, 2.24) is 20.0 Å². The van der Waals surface area contributed by atoms with Crippen molar-refractivity contribution in [3.8, 4) is 22.4 Å². The molecule has 1 saturated heterocycles. The van der Waals surface area contributed by atoms with Crippen LogP contribution in [0.4, 0.5) is 5.69 Å². The van der Waals surface area contributed by atoms with Crippen molar-refractivity contribution >= 4 is 17.5 Å². The van der Waals surface area contributed by atoms with Crippen LogP contribution in [0.15, 0.2) is 89.7 Å². The lowest BCUT2D eigenvalue weighted by Gasteiger charge is -2.32. The predicted octanol–water partition coefficient (Wildman–Crippen LogP) is 3.74. The molecule has 0 radical (unpaired) electrons. The second-order valence-corrected chi connectivity index (χ2v) is 9.01. The number of benzene rings is 3. The normalized spacial score (nSPS) is 13.8. The Morgan fingerprint density at radius 2 is 1.41 bits per heavy atom. The Bertz CT molecular complexity index is 1460. The van der Waals surface area contributed by atoms with Gasteiger partial charge in [0.25, 0.3) is 17.4 Å². The minimum absolute atomic E-state index is 0.0300. The first-order chi connectivity index (χ1) is 18.0. The summed E-state index contributed by atoms with van der Waals surface area (Å²) < 4.78 is 0. The van der Waals surface area contributed by atoms with Gasteiger partial charge in [0.05, 0.1) is 5.69 Å². The molecule has 3 aromatic carbocycles. The van der Waals surface area contributed by atoms with E-state index in [1.54, 1.807) is 24.3 Å². The molecule has 8 nitrogen and oxygen atoms in total. The van der Waals surface area contributed by atoms with Crippen LogP contribution in [0, 0.1) is 0 Å². The Morgan fingerprint density at radius 3 is 2.03 bits per heavy atom. The van der Waals surface area contributed by atoms with Gasteiger partial charge in [-0.25, -0.2) is 5.10 Å². The number of carbonyl (C=O) groups excluding carboxylic acids is 2. The molecule has 1 fully saturated rings. The van der Waals surface area contributed by atoms with E-state index in [1.165, 1.54) is 0 Å². The summed E-state index contributed by atoms with van der Waals surface area (Å²) in [5, 5.41) is 9.60. The predicted molar refractivity (Wildman–Crippen MR) is 144 cm³/mol. The van der Waals surface area contributed by atoms with Gasteiger partial charge in [-0.1, -0.05) is 60.7 Å². The van der Waals surface area contributed by atoms with Crippen molar-refractivity contribution in [2.75, 3.05) is 38.5 Å². The third-order valence-electron chi connectivity index (χ3n) is 6.50. The highest BCUT2D eigenvalue weighted by Gasteiger charge is 2.24. The number of nitrogens with zero attached hydrogens (tertiary/aromatic N) is 3. The molecule has 186 valence electrons. The number of hydrogen-bond acceptors (Lipinski definition) is 5. The van der Waals surface area contributed by atoms with Crippen LogP contribution in [0.5, 0.6) is 0 Å². The third-order valence-corrected chi connectivity index (χ3v) is 6.50. The Morgan fingerprint density at radius 1 is 0.811 bits per heavy atom. The summed E-state index contributed by atoms with van der Waals surface area (Å²) in [6.45, 7) is 3.06. The lowest BCUT2D eigenvalue weighted by molar-refractivity contribution is 0.0664. The van der Waals surface area contributed by atoms with Gasteiger partial charge in [0.15, 0.2) is 0 Å². The molecule has 1 aromatic heterocycles. The fraction of sp³-hybridized carbons (Fsp3) is 0.172. The van der Waals surface area contributed by atoms with Crippen LogP contribution in [0.25, 0.3) is 22.4 Å². The van der Waals surface area contributed by atoms with Crippen LogP contribution in [0.1, 0.15) is 20.7 Å². The van der Waals surface area contributed by atoms with E-state index >= 15 is 0 Å². The molecule has 0 saturated carbocycles. The smallest absolute Gasteiger partial charge is 0.277 e. The Kier molecular flexibility index (Phi) is 6.91. The zero-order valence-corrected chi connectivity index (χ0v) is 20.5. The lowest BCUT2D eigenvalue weighted by Crippen LogP contribution is -2.47. The van der Waals surface area contributed by atoms with Gasteiger partial charge in [-0.15, -0.1) is 0 Å². The van der Waals surface area contributed by atoms with Crippen molar-refractivity contribution in [3.63, 3.8) is 0 Å². The first-order valence-electron chi connectivity index (χ1n) is 12.1. The quantitative estimate of drug-likeness (QED) is 0.441. The summed E-state index contributed by atoms with van der Waals surface area (Å²) in [6, 6.07) is 25.4.